The van der Waals surface area contributed by atoms with E-state index >= 15 is 0 Å². The molecule has 2 aromatic rings. The van der Waals surface area contributed by atoms with Crippen LogP contribution in [0.2, 0.25) is 0 Å². The fourth-order valence-corrected chi connectivity index (χ4v) is 2.14. The van der Waals surface area contributed by atoms with E-state index in [9.17, 15) is 8.78 Å². The number of aryl methyl sites for hydroxylation is 1. The maximum atomic E-state index is 13.2. The molecule has 0 unspecified atom stereocenters. The molecule has 0 atom stereocenters. The molecule has 0 saturated heterocycles. The van der Waals surface area contributed by atoms with Gasteiger partial charge in [0.1, 0.15) is 16.2 Å². The van der Waals surface area contributed by atoms with Gasteiger partial charge in [0.05, 0.1) is 0 Å². The Hall–Kier alpha value is -1.56. The predicted octanol–water partition coefficient (Wildman–Crippen LogP) is 4.40. The first kappa shape index (κ1) is 13.9. The summed E-state index contributed by atoms with van der Waals surface area (Å²) in [6.07, 6.45) is 1.35. The monoisotopic (exact) mass is 327 g/mol. The van der Waals surface area contributed by atoms with Crippen molar-refractivity contribution >= 4 is 27.6 Å². The topological polar surface area (TPSA) is 37.8 Å². The normalized spacial score (nSPS) is 11.4. The highest BCUT2D eigenvalue weighted by Crippen LogP contribution is 2.28. The van der Waals surface area contributed by atoms with Gasteiger partial charge in [0, 0.05) is 18.7 Å². The van der Waals surface area contributed by atoms with Crippen LogP contribution >= 0.6 is 15.9 Å². The Balaban J connectivity index is 2.28. The van der Waals surface area contributed by atoms with Crippen LogP contribution < -0.4 is 5.32 Å². The Kier molecular flexibility index (Phi) is 3.80. The maximum Gasteiger partial charge on any atom is 0.270 e. The molecule has 2 heterocycles. The molecule has 0 radical (unpaired) electrons. The highest BCUT2D eigenvalue weighted by Gasteiger charge is 2.24. The number of anilines is 2. The first-order valence-electron chi connectivity index (χ1n) is 5.60. The van der Waals surface area contributed by atoms with Crippen LogP contribution in [0.25, 0.3) is 0 Å². The summed E-state index contributed by atoms with van der Waals surface area (Å²) in [5, 5.41) is 2.91. The number of pyridine rings is 2. The highest BCUT2D eigenvalue weighted by atomic mass is 79.9. The molecule has 19 heavy (non-hydrogen) atoms. The molecule has 0 spiro atoms. The van der Waals surface area contributed by atoms with E-state index in [-0.39, 0.29) is 5.56 Å². The largest absolute Gasteiger partial charge is 0.325 e. The summed E-state index contributed by atoms with van der Waals surface area (Å²) >= 11 is 3.28. The third-order valence-electron chi connectivity index (χ3n) is 2.46. The van der Waals surface area contributed by atoms with Gasteiger partial charge in [-0.2, -0.15) is 0 Å². The van der Waals surface area contributed by atoms with Gasteiger partial charge in [-0.15, -0.1) is 0 Å². The fraction of sp³-hybridized carbons (Fsp3) is 0.231. The average molecular weight is 328 g/mol. The van der Waals surface area contributed by atoms with E-state index in [1.807, 2.05) is 19.1 Å². The molecular weight excluding hydrogens is 316 g/mol. The molecule has 6 heteroatoms. The standard InChI is InChI=1S/C13H12BrF2N3/c1-8-5-10(14)18-12(6-8)19-11-7-9(3-4-17-11)13(2,15)16/h3-7H,1-2H3,(H,17,18,19). The number of hydrogen-bond acceptors (Lipinski definition) is 3. The van der Waals surface area contributed by atoms with Crippen molar-refractivity contribution in [2.24, 2.45) is 0 Å². The lowest BCUT2D eigenvalue weighted by Crippen LogP contribution is -2.08. The number of rotatable bonds is 3. The first-order valence-corrected chi connectivity index (χ1v) is 6.39. The van der Waals surface area contributed by atoms with Gasteiger partial charge in [-0.3, -0.25) is 0 Å². The Morgan fingerprint density at radius 2 is 1.95 bits per heavy atom. The van der Waals surface area contributed by atoms with E-state index in [1.165, 1.54) is 18.3 Å². The van der Waals surface area contributed by atoms with Crippen molar-refractivity contribution in [3.05, 3.63) is 46.2 Å². The van der Waals surface area contributed by atoms with Gasteiger partial charge in [-0.05, 0) is 52.7 Å². The second kappa shape index (κ2) is 5.21. The Morgan fingerprint density at radius 3 is 2.58 bits per heavy atom. The molecule has 100 valence electrons. The minimum absolute atomic E-state index is 0.0864. The van der Waals surface area contributed by atoms with Crippen LogP contribution in [-0.2, 0) is 5.92 Å². The number of alkyl halides is 2. The lowest BCUT2D eigenvalue weighted by Gasteiger charge is -2.12. The number of hydrogen-bond donors (Lipinski definition) is 1. The lowest BCUT2D eigenvalue weighted by atomic mass is 10.1. The van der Waals surface area contributed by atoms with Gasteiger partial charge in [-0.25, -0.2) is 18.7 Å². The lowest BCUT2D eigenvalue weighted by molar-refractivity contribution is 0.0174. The van der Waals surface area contributed by atoms with E-state index in [1.54, 1.807) is 0 Å². The second-order valence-electron chi connectivity index (χ2n) is 4.30. The van der Waals surface area contributed by atoms with Crippen molar-refractivity contribution in [2.45, 2.75) is 19.8 Å². The minimum atomic E-state index is -2.89. The Morgan fingerprint density at radius 1 is 1.21 bits per heavy atom. The smallest absolute Gasteiger partial charge is 0.270 e. The van der Waals surface area contributed by atoms with Gasteiger partial charge in [0.15, 0.2) is 0 Å². The number of nitrogens with one attached hydrogen (secondary N) is 1. The third-order valence-corrected chi connectivity index (χ3v) is 2.87. The highest BCUT2D eigenvalue weighted by molar-refractivity contribution is 9.10. The van der Waals surface area contributed by atoms with E-state index in [0.29, 0.717) is 16.2 Å². The maximum absolute atomic E-state index is 13.2. The van der Waals surface area contributed by atoms with E-state index in [2.05, 4.69) is 31.2 Å². The predicted molar refractivity (Wildman–Crippen MR) is 73.8 cm³/mol. The zero-order valence-corrected chi connectivity index (χ0v) is 12.0. The molecule has 0 bridgehead atoms. The van der Waals surface area contributed by atoms with Crippen LogP contribution in [0, 0.1) is 6.92 Å². The molecule has 0 amide bonds. The summed E-state index contributed by atoms with van der Waals surface area (Å²) in [6, 6.07) is 6.28. The first-order chi connectivity index (χ1) is 8.84. The fourth-order valence-electron chi connectivity index (χ4n) is 1.59. The zero-order valence-electron chi connectivity index (χ0n) is 10.4. The molecule has 0 saturated carbocycles. The summed E-state index contributed by atoms with van der Waals surface area (Å²) in [4.78, 5) is 8.21. The summed E-state index contributed by atoms with van der Waals surface area (Å²) in [5.74, 6) is -2.00. The summed E-state index contributed by atoms with van der Waals surface area (Å²) in [7, 11) is 0. The van der Waals surface area contributed by atoms with E-state index in [4.69, 9.17) is 0 Å². The molecule has 2 rings (SSSR count). The van der Waals surface area contributed by atoms with Gasteiger partial charge in [0.2, 0.25) is 0 Å². The number of nitrogens with zero attached hydrogens (tertiary/aromatic N) is 2. The van der Waals surface area contributed by atoms with E-state index < -0.39 is 5.92 Å². The van der Waals surface area contributed by atoms with Crippen LogP contribution in [0.1, 0.15) is 18.1 Å². The average Bonchev–Trinajstić information content (AvgIpc) is 2.26. The Labute approximate surface area is 118 Å². The molecular formula is C13H12BrF2N3. The quantitative estimate of drug-likeness (QED) is 0.849. The van der Waals surface area contributed by atoms with Crippen molar-refractivity contribution in [2.75, 3.05) is 5.32 Å². The summed E-state index contributed by atoms with van der Waals surface area (Å²) in [6.45, 7) is 2.77. The molecule has 0 fully saturated rings. The molecule has 0 aromatic carbocycles. The summed E-state index contributed by atoms with van der Waals surface area (Å²) in [5.41, 5.74) is 0.915. The second-order valence-corrected chi connectivity index (χ2v) is 5.11. The van der Waals surface area contributed by atoms with Gasteiger partial charge in [0.25, 0.3) is 5.92 Å². The van der Waals surface area contributed by atoms with Gasteiger partial charge < -0.3 is 5.32 Å². The summed E-state index contributed by atoms with van der Waals surface area (Å²) < 4.78 is 27.1. The van der Waals surface area contributed by atoms with Crippen LogP contribution in [-0.4, -0.2) is 9.97 Å². The molecule has 0 aliphatic carbocycles. The van der Waals surface area contributed by atoms with Crippen LogP contribution in [0.15, 0.2) is 35.1 Å². The van der Waals surface area contributed by atoms with Crippen molar-refractivity contribution in [3.8, 4) is 0 Å². The minimum Gasteiger partial charge on any atom is -0.325 e. The zero-order chi connectivity index (χ0) is 14.0. The number of halogens is 3. The SMILES string of the molecule is Cc1cc(Br)nc(Nc2cc(C(C)(F)F)ccn2)c1. The van der Waals surface area contributed by atoms with Crippen molar-refractivity contribution in [1.29, 1.82) is 0 Å². The molecule has 0 aliphatic heterocycles. The van der Waals surface area contributed by atoms with E-state index in [0.717, 1.165) is 12.5 Å². The molecule has 0 aliphatic rings. The third kappa shape index (κ3) is 3.70. The van der Waals surface area contributed by atoms with Gasteiger partial charge in [-0.1, -0.05) is 0 Å². The van der Waals surface area contributed by atoms with Crippen LogP contribution in [0.3, 0.4) is 0 Å². The van der Waals surface area contributed by atoms with Crippen molar-refractivity contribution in [1.82, 2.24) is 9.97 Å². The molecule has 1 N–H and O–H groups in total. The molecule has 2 aromatic heterocycles. The molecule has 3 nitrogen and oxygen atoms in total. The number of aromatic nitrogens is 2. The van der Waals surface area contributed by atoms with Gasteiger partial charge >= 0.3 is 0 Å². The Bertz CT molecular complexity index is 576. The van der Waals surface area contributed by atoms with Crippen molar-refractivity contribution in [3.63, 3.8) is 0 Å². The van der Waals surface area contributed by atoms with Crippen LogP contribution in [0.4, 0.5) is 20.4 Å². The van der Waals surface area contributed by atoms with Crippen molar-refractivity contribution < 1.29 is 8.78 Å². The van der Waals surface area contributed by atoms with Crippen LogP contribution in [0.5, 0.6) is 0 Å².